The number of carbonyl (C=O) groups excluding carboxylic acids is 3. The SMILES string of the molecule is O=C(N[C@@H](c1ccccc1)c1ccccc1Br)[C@H](Cc1ccccc1)N1C(=O)c2ccccc2C1=O. The van der Waals surface area contributed by atoms with Gasteiger partial charge in [-0.05, 0) is 34.9 Å². The molecule has 0 saturated heterocycles. The Morgan fingerprint density at radius 2 is 1.25 bits per heavy atom. The third-order valence-electron chi connectivity index (χ3n) is 6.35. The van der Waals surface area contributed by atoms with Crippen molar-refractivity contribution in [3.8, 4) is 0 Å². The van der Waals surface area contributed by atoms with E-state index in [1.165, 1.54) is 0 Å². The average Bonchev–Trinajstić information content (AvgIpc) is 3.17. The molecule has 6 heteroatoms. The number of fused-ring (bicyclic) bond motifs is 1. The molecule has 0 spiro atoms. The number of nitrogens with one attached hydrogen (secondary N) is 1. The first-order valence-electron chi connectivity index (χ1n) is 11.6. The van der Waals surface area contributed by atoms with Crippen molar-refractivity contribution in [1.29, 1.82) is 0 Å². The zero-order chi connectivity index (χ0) is 25.1. The molecule has 0 aromatic heterocycles. The van der Waals surface area contributed by atoms with Gasteiger partial charge in [-0.2, -0.15) is 0 Å². The highest BCUT2D eigenvalue weighted by Gasteiger charge is 2.43. The summed E-state index contributed by atoms with van der Waals surface area (Å²) in [4.78, 5) is 41.8. The number of nitrogens with zero attached hydrogens (tertiary/aromatic N) is 1. The standard InChI is InChI=1S/C30H23BrN2O3/c31-25-18-10-9-17-24(25)27(21-13-5-2-6-14-21)32-28(34)26(19-20-11-3-1-4-12-20)33-29(35)22-15-7-8-16-23(22)30(33)36/h1-18,26-27H,19H2,(H,32,34)/t26-,27-/m0/s1. The van der Waals surface area contributed by atoms with Crippen LogP contribution in [0.5, 0.6) is 0 Å². The van der Waals surface area contributed by atoms with Crippen molar-refractivity contribution >= 4 is 33.7 Å². The topological polar surface area (TPSA) is 66.5 Å². The zero-order valence-corrected chi connectivity index (χ0v) is 20.9. The molecule has 0 radical (unpaired) electrons. The molecular formula is C30H23BrN2O3. The van der Waals surface area contributed by atoms with Crippen LogP contribution in [-0.2, 0) is 11.2 Å². The van der Waals surface area contributed by atoms with E-state index in [1.807, 2.05) is 84.9 Å². The van der Waals surface area contributed by atoms with Crippen LogP contribution in [0, 0.1) is 0 Å². The summed E-state index contributed by atoms with van der Waals surface area (Å²) in [5.41, 5.74) is 3.25. The molecule has 5 nitrogen and oxygen atoms in total. The van der Waals surface area contributed by atoms with Crippen molar-refractivity contribution in [2.75, 3.05) is 0 Å². The Labute approximate surface area is 217 Å². The van der Waals surface area contributed by atoms with Crippen molar-refractivity contribution in [2.45, 2.75) is 18.5 Å². The molecule has 1 aliphatic heterocycles. The molecule has 5 rings (SSSR count). The van der Waals surface area contributed by atoms with Crippen LogP contribution in [-0.4, -0.2) is 28.7 Å². The van der Waals surface area contributed by atoms with E-state index in [-0.39, 0.29) is 6.42 Å². The lowest BCUT2D eigenvalue weighted by atomic mass is 9.97. The van der Waals surface area contributed by atoms with Gasteiger partial charge in [0.2, 0.25) is 5.91 Å². The smallest absolute Gasteiger partial charge is 0.262 e. The third-order valence-corrected chi connectivity index (χ3v) is 7.07. The summed E-state index contributed by atoms with van der Waals surface area (Å²) in [7, 11) is 0. The van der Waals surface area contributed by atoms with Crippen LogP contribution in [0.25, 0.3) is 0 Å². The van der Waals surface area contributed by atoms with Crippen molar-refractivity contribution in [3.05, 3.63) is 141 Å². The lowest BCUT2D eigenvalue weighted by Crippen LogP contribution is -2.51. The molecule has 0 saturated carbocycles. The highest BCUT2D eigenvalue weighted by atomic mass is 79.9. The molecule has 4 aromatic rings. The Bertz CT molecular complexity index is 1390. The minimum Gasteiger partial charge on any atom is -0.343 e. The molecule has 0 unspecified atom stereocenters. The number of rotatable bonds is 7. The van der Waals surface area contributed by atoms with Crippen LogP contribution < -0.4 is 5.32 Å². The molecule has 0 fully saturated rings. The molecule has 1 N–H and O–H groups in total. The number of halogens is 1. The van der Waals surface area contributed by atoms with Gasteiger partial charge >= 0.3 is 0 Å². The van der Waals surface area contributed by atoms with Gasteiger partial charge in [-0.3, -0.25) is 19.3 Å². The highest BCUT2D eigenvalue weighted by Crippen LogP contribution is 2.30. The molecule has 2 atom stereocenters. The van der Waals surface area contributed by atoms with Crippen LogP contribution in [0.3, 0.4) is 0 Å². The summed E-state index contributed by atoms with van der Waals surface area (Å²) < 4.78 is 0.847. The average molecular weight is 539 g/mol. The minimum atomic E-state index is -1.02. The fourth-order valence-corrected chi connectivity index (χ4v) is 5.08. The van der Waals surface area contributed by atoms with E-state index in [9.17, 15) is 14.4 Å². The predicted octanol–water partition coefficient (Wildman–Crippen LogP) is 5.56. The molecular weight excluding hydrogens is 516 g/mol. The summed E-state index contributed by atoms with van der Waals surface area (Å²) in [6.45, 7) is 0. The van der Waals surface area contributed by atoms with E-state index in [0.29, 0.717) is 11.1 Å². The van der Waals surface area contributed by atoms with E-state index in [4.69, 9.17) is 0 Å². The second-order valence-electron chi connectivity index (χ2n) is 8.61. The summed E-state index contributed by atoms with van der Waals surface area (Å²) in [6.07, 6.45) is 0.204. The zero-order valence-electron chi connectivity index (χ0n) is 19.3. The lowest BCUT2D eigenvalue weighted by molar-refractivity contribution is -0.125. The van der Waals surface area contributed by atoms with E-state index < -0.39 is 29.8 Å². The van der Waals surface area contributed by atoms with Crippen LogP contribution in [0.4, 0.5) is 0 Å². The van der Waals surface area contributed by atoms with Crippen LogP contribution in [0.15, 0.2) is 114 Å². The van der Waals surface area contributed by atoms with E-state index >= 15 is 0 Å². The van der Waals surface area contributed by atoms with E-state index in [2.05, 4.69) is 21.2 Å². The van der Waals surface area contributed by atoms with E-state index in [1.54, 1.807) is 24.3 Å². The number of benzene rings is 4. The number of amides is 3. The van der Waals surface area contributed by atoms with Gasteiger partial charge in [0.1, 0.15) is 6.04 Å². The number of carbonyl (C=O) groups is 3. The summed E-state index contributed by atoms with van der Waals surface area (Å²) in [5.74, 6) is -1.31. The maximum absolute atomic E-state index is 14.0. The van der Waals surface area contributed by atoms with Gasteiger partial charge in [-0.15, -0.1) is 0 Å². The van der Waals surface area contributed by atoms with E-state index in [0.717, 1.165) is 26.1 Å². The number of imide groups is 1. The Balaban J connectivity index is 1.53. The van der Waals surface area contributed by atoms with Crippen molar-refractivity contribution in [2.24, 2.45) is 0 Å². The van der Waals surface area contributed by atoms with Crippen LogP contribution in [0.1, 0.15) is 43.4 Å². The Hall–Kier alpha value is -4.03. The first kappa shape index (κ1) is 23.7. The molecule has 0 bridgehead atoms. The molecule has 0 aliphatic carbocycles. The maximum Gasteiger partial charge on any atom is 0.262 e. The van der Waals surface area contributed by atoms with Gasteiger partial charge < -0.3 is 5.32 Å². The number of hydrogen-bond donors (Lipinski definition) is 1. The summed E-state index contributed by atoms with van der Waals surface area (Å²) in [5, 5.41) is 3.14. The largest absolute Gasteiger partial charge is 0.343 e. The monoisotopic (exact) mass is 538 g/mol. The predicted molar refractivity (Wildman–Crippen MR) is 141 cm³/mol. The molecule has 1 heterocycles. The highest BCUT2D eigenvalue weighted by molar-refractivity contribution is 9.10. The van der Waals surface area contributed by atoms with Gasteiger partial charge in [-0.25, -0.2) is 0 Å². The third kappa shape index (κ3) is 4.60. The normalized spacial score (nSPS) is 14.3. The minimum absolute atomic E-state index is 0.204. The van der Waals surface area contributed by atoms with Gasteiger partial charge in [0.25, 0.3) is 11.8 Å². The molecule has 1 aliphatic rings. The summed E-state index contributed by atoms with van der Waals surface area (Å²) in [6, 6.07) is 31.9. The first-order chi connectivity index (χ1) is 17.5. The van der Waals surface area contributed by atoms with Crippen LogP contribution in [0.2, 0.25) is 0 Å². The Morgan fingerprint density at radius 3 is 1.86 bits per heavy atom. The maximum atomic E-state index is 14.0. The van der Waals surface area contributed by atoms with Gasteiger partial charge in [0, 0.05) is 10.9 Å². The first-order valence-corrected chi connectivity index (χ1v) is 12.4. The lowest BCUT2D eigenvalue weighted by Gasteiger charge is -2.29. The quantitative estimate of drug-likeness (QED) is 0.313. The Kier molecular flexibility index (Phi) is 6.78. The van der Waals surface area contributed by atoms with Gasteiger partial charge in [-0.1, -0.05) is 107 Å². The summed E-state index contributed by atoms with van der Waals surface area (Å²) >= 11 is 3.61. The Morgan fingerprint density at radius 1 is 0.722 bits per heavy atom. The fraction of sp³-hybridized carbons (Fsp3) is 0.100. The van der Waals surface area contributed by atoms with Gasteiger partial charge in [0.05, 0.1) is 17.2 Å². The molecule has 4 aromatic carbocycles. The second kappa shape index (κ2) is 10.3. The fourth-order valence-electron chi connectivity index (χ4n) is 4.56. The number of hydrogen-bond acceptors (Lipinski definition) is 3. The molecule has 178 valence electrons. The molecule has 36 heavy (non-hydrogen) atoms. The van der Waals surface area contributed by atoms with Gasteiger partial charge in [0.15, 0.2) is 0 Å². The molecule has 3 amide bonds. The van der Waals surface area contributed by atoms with Crippen molar-refractivity contribution < 1.29 is 14.4 Å². The van der Waals surface area contributed by atoms with Crippen molar-refractivity contribution in [3.63, 3.8) is 0 Å². The second-order valence-corrected chi connectivity index (χ2v) is 9.46. The van der Waals surface area contributed by atoms with Crippen LogP contribution >= 0.6 is 15.9 Å². The van der Waals surface area contributed by atoms with Crippen molar-refractivity contribution in [1.82, 2.24) is 10.2 Å².